The molecule has 29 heavy (non-hydrogen) atoms. The van der Waals surface area contributed by atoms with E-state index in [0.29, 0.717) is 16.6 Å². The first-order chi connectivity index (χ1) is 14.1. The summed E-state index contributed by atoms with van der Waals surface area (Å²) in [6.07, 6.45) is 3.21. The van der Waals surface area contributed by atoms with Gasteiger partial charge in [0.15, 0.2) is 5.13 Å². The van der Waals surface area contributed by atoms with Crippen LogP contribution in [0.5, 0.6) is 5.75 Å². The minimum atomic E-state index is -0.360. The van der Waals surface area contributed by atoms with Gasteiger partial charge in [-0.2, -0.15) is 0 Å². The van der Waals surface area contributed by atoms with Crippen molar-refractivity contribution in [3.63, 3.8) is 0 Å². The highest BCUT2D eigenvalue weighted by Gasteiger charge is 2.17. The van der Waals surface area contributed by atoms with Gasteiger partial charge in [0.05, 0.1) is 26.3 Å². The van der Waals surface area contributed by atoms with Crippen molar-refractivity contribution in [2.24, 2.45) is 0 Å². The van der Waals surface area contributed by atoms with E-state index in [-0.39, 0.29) is 18.3 Å². The molecule has 0 saturated heterocycles. The highest BCUT2D eigenvalue weighted by molar-refractivity contribution is 7.16. The lowest BCUT2D eigenvalue weighted by molar-refractivity contribution is -0.139. The molecule has 1 aromatic heterocycles. The number of carbonyl (C=O) groups is 2. The van der Waals surface area contributed by atoms with E-state index in [1.54, 1.807) is 13.2 Å². The van der Waals surface area contributed by atoms with Crippen molar-refractivity contribution in [3.05, 3.63) is 71.1 Å². The molecule has 0 fully saturated rings. The molecule has 148 valence electrons. The van der Waals surface area contributed by atoms with Crippen LogP contribution in [-0.4, -0.2) is 31.1 Å². The first-order valence-corrected chi connectivity index (χ1v) is 9.65. The Bertz CT molecular complexity index is 1030. The second-order valence-corrected chi connectivity index (χ2v) is 7.09. The predicted octanol–water partition coefficient (Wildman–Crippen LogP) is 4.19. The quantitative estimate of drug-likeness (QED) is 0.469. The third-order valence-corrected chi connectivity index (χ3v) is 5.00. The average molecular weight is 408 g/mol. The van der Waals surface area contributed by atoms with Crippen LogP contribution in [0.25, 0.3) is 17.3 Å². The van der Waals surface area contributed by atoms with Gasteiger partial charge in [-0.1, -0.05) is 42.5 Å². The van der Waals surface area contributed by atoms with Crippen molar-refractivity contribution >= 4 is 34.4 Å². The number of amides is 1. The van der Waals surface area contributed by atoms with Crippen LogP contribution >= 0.6 is 11.3 Å². The van der Waals surface area contributed by atoms with Gasteiger partial charge in [-0.25, -0.2) is 4.98 Å². The molecule has 0 spiro atoms. The van der Waals surface area contributed by atoms with Gasteiger partial charge in [0.2, 0.25) is 5.91 Å². The summed E-state index contributed by atoms with van der Waals surface area (Å²) < 4.78 is 9.95. The Labute approximate surface area is 172 Å². The molecule has 1 N–H and O–H groups in total. The van der Waals surface area contributed by atoms with Crippen LogP contribution < -0.4 is 10.1 Å². The zero-order chi connectivity index (χ0) is 20.6. The van der Waals surface area contributed by atoms with E-state index in [0.717, 1.165) is 16.0 Å². The number of rotatable bonds is 7. The zero-order valence-electron chi connectivity index (χ0n) is 16.0. The van der Waals surface area contributed by atoms with Crippen molar-refractivity contribution in [2.45, 2.75) is 6.42 Å². The van der Waals surface area contributed by atoms with Crippen molar-refractivity contribution in [3.8, 4) is 17.0 Å². The summed E-state index contributed by atoms with van der Waals surface area (Å²) in [5.74, 6) is 0.0415. The number of nitrogens with zero attached hydrogens (tertiary/aromatic N) is 1. The maximum atomic E-state index is 12.3. The third-order valence-electron chi connectivity index (χ3n) is 4.03. The largest absolute Gasteiger partial charge is 0.497 e. The van der Waals surface area contributed by atoms with Gasteiger partial charge in [-0.05, 0) is 23.8 Å². The van der Waals surface area contributed by atoms with Gasteiger partial charge in [0.1, 0.15) is 5.75 Å². The summed E-state index contributed by atoms with van der Waals surface area (Å²) in [4.78, 5) is 29.3. The molecule has 0 radical (unpaired) electrons. The van der Waals surface area contributed by atoms with E-state index in [9.17, 15) is 9.59 Å². The van der Waals surface area contributed by atoms with Crippen LogP contribution in [0.3, 0.4) is 0 Å². The fraction of sp³-hybridized carbons (Fsp3) is 0.136. The molecule has 0 aliphatic carbocycles. The Hall–Kier alpha value is -3.45. The molecular formula is C22H20N2O4S. The van der Waals surface area contributed by atoms with Crippen LogP contribution in [-0.2, 0) is 20.7 Å². The van der Waals surface area contributed by atoms with E-state index in [2.05, 4.69) is 10.3 Å². The Kier molecular flexibility index (Phi) is 6.76. The topological polar surface area (TPSA) is 77.5 Å². The summed E-state index contributed by atoms with van der Waals surface area (Å²) in [6.45, 7) is 0. The molecule has 1 heterocycles. The van der Waals surface area contributed by atoms with Crippen LogP contribution in [0.15, 0.2) is 60.7 Å². The molecule has 0 bridgehead atoms. The number of hydrogen-bond acceptors (Lipinski definition) is 6. The van der Waals surface area contributed by atoms with Gasteiger partial charge < -0.3 is 9.47 Å². The van der Waals surface area contributed by atoms with E-state index < -0.39 is 0 Å². The number of anilines is 1. The van der Waals surface area contributed by atoms with E-state index in [4.69, 9.17) is 9.47 Å². The highest BCUT2D eigenvalue weighted by atomic mass is 32.1. The fourth-order valence-electron chi connectivity index (χ4n) is 2.61. The van der Waals surface area contributed by atoms with Gasteiger partial charge in [-0.15, -0.1) is 11.3 Å². The molecule has 2 aromatic carbocycles. The van der Waals surface area contributed by atoms with Gasteiger partial charge in [0.25, 0.3) is 0 Å². The fourth-order valence-corrected chi connectivity index (χ4v) is 3.59. The molecule has 3 aromatic rings. The summed E-state index contributed by atoms with van der Waals surface area (Å²) in [5.41, 5.74) is 2.37. The SMILES string of the molecule is COC(=O)Cc1sc(NC(=O)/C=C/c2cccc(OC)c2)nc1-c1ccccc1. The lowest BCUT2D eigenvalue weighted by atomic mass is 10.1. The summed E-state index contributed by atoms with van der Waals surface area (Å²) in [7, 11) is 2.94. The van der Waals surface area contributed by atoms with Gasteiger partial charge >= 0.3 is 5.97 Å². The number of ether oxygens (including phenoxy) is 2. The van der Waals surface area contributed by atoms with Gasteiger partial charge in [0, 0.05) is 16.5 Å². The zero-order valence-corrected chi connectivity index (χ0v) is 16.9. The second-order valence-electron chi connectivity index (χ2n) is 6.01. The molecular weight excluding hydrogens is 388 g/mol. The lowest BCUT2D eigenvalue weighted by Crippen LogP contribution is -2.07. The van der Waals surface area contributed by atoms with E-state index in [1.165, 1.54) is 24.5 Å². The number of nitrogens with one attached hydrogen (secondary N) is 1. The first kappa shape index (κ1) is 20.3. The first-order valence-electron chi connectivity index (χ1n) is 8.84. The normalized spacial score (nSPS) is 10.7. The molecule has 0 unspecified atom stereocenters. The van der Waals surface area contributed by atoms with E-state index >= 15 is 0 Å². The smallest absolute Gasteiger partial charge is 0.310 e. The Morgan fingerprint density at radius 1 is 1.10 bits per heavy atom. The Morgan fingerprint density at radius 3 is 2.62 bits per heavy atom. The second kappa shape index (κ2) is 9.66. The number of benzene rings is 2. The number of methoxy groups -OCH3 is 2. The van der Waals surface area contributed by atoms with Crippen molar-refractivity contribution in [1.29, 1.82) is 0 Å². The Balaban J connectivity index is 1.78. The lowest BCUT2D eigenvalue weighted by Gasteiger charge is -2.01. The highest BCUT2D eigenvalue weighted by Crippen LogP contribution is 2.31. The Morgan fingerprint density at radius 2 is 1.90 bits per heavy atom. The monoisotopic (exact) mass is 408 g/mol. The third kappa shape index (κ3) is 5.52. The molecule has 0 atom stereocenters. The minimum Gasteiger partial charge on any atom is -0.497 e. The molecule has 6 nitrogen and oxygen atoms in total. The molecule has 0 aliphatic heterocycles. The van der Waals surface area contributed by atoms with Crippen molar-refractivity contribution in [1.82, 2.24) is 4.98 Å². The average Bonchev–Trinajstić information content (AvgIpc) is 3.14. The number of esters is 1. The van der Waals surface area contributed by atoms with Crippen LogP contribution in [0.1, 0.15) is 10.4 Å². The summed E-state index contributed by atoms with van der Waals surface area (Å²) in [5, 5.41) is 3.18. The maximum Gasteiger partial charge on any atom is 0.310 e. The standard InChI is InChI=1S/C22H20N2O4S/c1-27-17-10-6-7-15(13-17)11-12-19(25)23-22-24-21(16-8-4-3-5-9-16)18(29-22)14-20(26)28-2/h3-13H,14H2,1-2H3,(H,23,24,25)/b12-11+. The summed E-state index contributed by atoms with van der Waals surface area (Å²) in [6, 6.07) is 16.9. The van der Waals surface area contributed by atoms with Crippen LogP contribution in [0.4, 0.5) is 5.13 Å². The number of carbonyl (C=O) groups excluding carboxylic acids is 2. The molecule has 0 aliphatic rings. The van der Waals surface area contributed by atoms with Gasteiger partial charge in [-0.3, -0.25) is 14.9 Å². The van der Waals surface area contributed by atoms with Crippen molar-refractivity contribution in [2.75, 3.05) is 19.5 Å². The van der Waals surface area contributed by atoms with Crippen LogP contribution in [0.2, 0.25) is 0 Å². The summed E-state index contributed by atoms with van der Waals surface area (Å²) >= 11 is 1.26. The predicted molar refractivity (Wildman–Crippen MR) is 114 cm³/mol. The van der Waals surface area contributed by atoms with Crippen LogP contribution in [0, 0.1) is 0 Å². The number of hydrogen-bond donors (Lipinski definition) is 1. The minimum absolute atomic E-state index is 0.0912. The van der Waals surface area contributed by atoms with Crippen molar-refractivity contribution < 1.29 is 19.1 Å². The molecule has 7 heteroatoms. The maximum absolute atomic E-state index is 12.3. The molecule has 0 saturated carbocycles. The number of aromatic nitrogens is 1. The molecule has 1 amide bonds. The van der Waals surface area contributed by atoms with E-state index in [1.807, 2.05) is 54.6 Å². The number of thiazole rings is 1. The molecule has 3 rings (SSSR count).